The molecule has 0 aromatic heterocycles. The van der Waals surface area contributed by atoms with Crippen LogP contribution < -0.4 is 5.32 Å². The molecule has 2 atom stereocenters. The van der Waals surface area contributed by atoms with E-state index in [2.05, 4.69) is 43.4 Å². The number of nitrogens with one attached hydrogen (secondary N) is 1. The van der Waals surface area contributed by atoms with Gasteiger partial charge in [0.05, 0.1) is 6.61 Å². The highest BCUT2D eigenvalue weighted by Gasteiger charge is 2.06. The van der Waals surface area contributed by atoms with E-state index in [1.54, 1.807) is 0 Å². The Morgan fingerprint density at radius 1 is 1.25 bits per heavy atom. The molecule has 0 spiro atoms. The molecule has 2 N–H and O–H groups in total. The zero-order valence-corrected chi connectivity index (χ0v) is 10.3. The molecule has 0 radical (unpaired) electrons. The molecule has 0 bridgehead atoms. The van der Waals surface area contributed by atoms with Gasteiger partial charge >= 0.3 is 0 Å². The first-order chi connectivity index (χ1) is 7.77. The molecule has 0 heterocycles. The van der Waals surface area contributed by atoms with E-state index < -0.39 is 0 Å². The van der Waals surface area contributed by atoms with Crippen molar-refractivity contribution in [2.45, 2.75) is 38.6 Å². The van der Waals surface area contributed by atoms with Crippen molar-refractivity contribution >= 4 is 0 Å². The van der Waals surface area contributed by atoms with Crippen LogP contribution in [0.5, 0.6) is 0 Å². The molecule has 2 heteroatoms. The highest BCUT2D eigenvalue weighted by molar-refractivity contribution is 5.18. The third kappa shape index (κ3) is 4.33. The van der Waals surface area contributed by atoms with Crippen molar-refractivity contribution in [2.75, 3.05) is 13.2 Å². The number of hydrogen-bond donors (Lipinski definition) is 2. The largest absolute Gasteiger partial charge is 0.395 e. The molecule has 1 aromatic carbocycles. The zero-order chi connectivity index (χ0) is 11.8. The van der Waals surface area contributed by atoms with E-state index in [-0.39, 0.29) is 12.6 Å². The van der Waals surface area contributed by atoms with Gasteiger partial charge < -0.3 is 10.4 Å². The van der Waals surface area contributed by atoms with E-state index in [1.165, 1.54) is 5.56 Å². The van der Waals surface area contributed by atoms with Crippen LogP contribution in [0.25, 0.3) is 0 Å². The standard InChI is InChI=1S/C14H23NO/c1-3-14(11-16)15-10-9-12(2)13-7-5-4-6-8-13/h4-8,12,14-16H,3,9-11H2,1-2H3. The Labute approximate surface area is 98.7 Å². The van der Waals surface area contributed by atoms with E-state index in [1.807, 2.05) is 6.07 Å². The molecule has 0 aliphatic heterocycles. The summed E-state index contributed by atoms with van der Waals surface area (Å²) in [4.78, 5) is 0. The van der Waals surface area contributed by atoms with E-state index in [0.29, 0.717) is 5.92 Å². The van der Waals surface area contributed by atoms with Crippen molar-refractivity contribution in [3.8, 4) is 0 Å². The fraction of sp³-hybridized carbons (Fsp3) is 0.571. The van der Waals surface area contributed by atoms with Gasteiger partial charge in [-0.15, -0.1) is 0 Å². The Balaban J connectivity index is 2.28. The lowest BCUT2D eigenvalue weighted by Gasteiger charge is -2.16. The summed E-state index contributed by atoms with van der Waals surface area (Å²) in [5.74, 6) is 0.574. The van der Waals surface area contributed by atoms with Gasteiger partial charge in [0.15, 0.2) is 0 Å². The van der Waals surface area contributed by atoms with Crippen LogP contribution in [0.4, 0.5) is 0 Å². The fourth-order valence-electron chi connectivity index (χ4n) is 1.79. The van der Waals surface area contributed by atoms with Crippen molar-refractivity contribution in [2.24, 2.45) is 0 Å². The maximum Gasteiger partial charge on any atom is 0.0584 e. The van der Waals surface area contributed by atoms with Gasteiger partial charge in [-0.2, -0.15) is 0 Å². The van der Waals surface area contributed by atoms with Crippen LogP contribution in [-0.2, 0) is 0 Å². The second-order valence-corrected chi connectivity index (χ2v) is 4.34. The maximum atomic E-state index is 9.05. The predicted octanol–water partition coefficient (Wildman–Crippen LogP) is 2.54. The number of aliphatic hydroxyl groups excluding tert-OH is 1. The minimum atomic E-state index is 0.232. The Kier molecular flexibility index (Phi) is 6.12. The second-order valence-electron chi connectivity index (χ2n) is 4.34. The molecule has 90 valence electrons. The molecule has 0 aliphatic carbocycles. The Morgan fingerprint density at radius 3 is 2.50 bits per heavy atom. The van der Waals surface area contributed by atoms with Crippen LogP contribution in [0.15, 0.2) is 30.3 Å². The third-order valence-corrected chi connectivity index (χ3v) is 3.09. The SMILES string of the molecule is CCC(CO)NCCC(C)c1ccccc1. The summed E-state index contributed by atoms with van der Waals surface area (Å²) in [6, 6.07) is 10.8. The van der Waals surface area contributed by atoms with Crippen molar-refractivity contribution in [3.63, 3.8) is 0 Å². The monoisotopic (exact) mass is 221 g/mol. The maximum absolute atomic E-state index is 9.05. The summed E-state index contributed by atoms with van der Waals surface area (Å²) in [5, 5.41) is 12.4. The molecule has 1 rings (SSSR count). The summed E-state index contributed by atoms with van der Waals surface area (Å²) < 4.78 is 0. The van der Waals surface area contributed by atoms with Gasteiger partial charge in [0.2, 0.25) is 0 Å². The smallest absolute Gasteiger partial charge is 0.0584 e. The summed E-state index contributed by atoms with van der Waals surface area (Å²) in [7, 11) is 0. The molecule has 0 amide bonds. The molecule has 2 nitrogen and oxygen atoms in total. The minimum absolute atomic E-state index is 0.232. The third-order valence-electron chi connectivity index (χ3n) is 3.09. The molecule has 2 unspecified atom stereocenters. The molecular weight excluding hydrogens is 198 g/mol. The van der Waals surface area contributed by atoms with Gasteiger partial charge in [-0.1, -0.05) is 44.2 Å². The van der Waals surface area contributed by atoms with Gasteiger partial charge in [-0.25, -0.2) is 0 Å². The lowest BCUT2D eigenvalue weighted by Crippen LogP contribution is -2.32. The summed E-state index contributed by atoms with van der Waals surface area (Å²) in [6.07, 6.45) is 2.09. The number of benzene rings is 1. The zero-order valence-electron chi connectivity index (χ0n) is 10.3. The van der Waals surface area contributed by atoms with Crippen LogP contribution in [0.1, 0.15) is 38.2 Å². The van der Waals surface area contributed by atoms with E-state index in [0.717, 1.165) is 19.4 Å². The highest BCUT2D eigenvalue weighted by atomic mass is 16.3. The molecule has 0 saturated heterocycles. The molecule has 1 aromatic rings. The van der Waals surface area contributed by atoms with Gasteiger partial charge in [0.1, 0.15) is 0 Å². The molecule has 0 fully saturated rings. The molecular formula is C14H23NO. The lowest BCUT2D eigenvalue weighted by molar-refractivity contribution is 0.238. The van der Waals surface area contributed by atoms with Crippen molar-refractivity contribution in [1.82, 2.24) is 5.32 Å². The van der Waals surface area contributed by atoms with Crippen molar-refractivity contribution < 1.29 is 5.11 Å². The molecule has 0 saturated carbocycles. The van der Waals surface area contributed by atoms with E-state index in [4.69, 9.17) is 5.11 Å². The summed E-state index contributed by atoms with van der Waals surface area (Å²) in [5.41, 5.74) is 1.39. The van der Waals surface area contributed by atoms with Crippen LogP contribution in [0.3, 0.4) is 0 Å². The number of aliphatic hydroxyl groups is 1. The van der Waals surface area contributed by atoms with Crippen LogP contribution in [0.2, 0.25) is 0 Å². The number of rotatable bonds is 7. The lowest BCUT2D eigenvalue weighted by atomic mass is 9.98. The van der Waals surface area contributed by atoms with Crippen LogP contribution in [0, 0.1) is 0 Å². The average molecular weight is 221 g/mol. The van der Waals surface area contributed by atoms with Crippen LogP contribution >= 0.6 is 0 Å². The Bertz CT molecular complexity index is 269. The summed E-state index contributed by atoms with van der Waals surface area (Å²) in [6.45, 7) is 5.54. The normalized spacial score (nSPS) is 14.7. The fourth-order valence-corrected chi connectivity index (χ4v) is 1.79. The second kappa shape index (κ2) is 7.42. The topological polar surface area (TPSA) is 32.3 Å². The van der Waals surface area contributed by atoms with E-state index in [9.17, 15) is 0 Å². The summed E-state index contributed by atoms with van der Waals surface area (Å²) >= 11 is 0. The Hall–Kier alpha value is -0.860. The first kappa shape index (κ1) is 13.2. The minimum Gasteiger partial charge on any atom is -0.395 e. The highest BCUT2D eigenvalue weighted by Crippen LogP contribution is 2.17. The van der Waals surface area contributed by atoms with Crippen molar-refractivity contribution in [3.05, 3.63) is 35.9 Å². The first-order valence-electron chi connectivity index (χ1n) is 6.17. The molecule has 0 aliphatic rings. The van der Waals surface area contributed by atoms with Gasteiger partial charge in [0, 0.05) is 6.04 Å². The first-order valence-corrected chi connectivity index (χ1v) is 6.17. The van der Waals surface area contributed by atoms with Gasteiger partial charge in [-0.3, -0.25) is 0 Å². The predicted molar refractivity (Wildman–Crippen MR) is 68.6 cm³/mol. The quantitative estimate of drug-likeness (QED) is 0.741. The average Bonchev–Trinajstić information content (AvgIpc) is 2.35. The van der Waals surface area contributed by atoms with E-state index >= 15 is 0 Å². The molecule has 16 heavy (non-hydrogen) atoms. The Morgan fingerprint density at radius 2 is 1.94 bits per heavy atom. The van der Waals surface area contributed by atoms with Crippen molar-refractivity contribution in [1.29, 1.82) is 0 Å². The van der Waals surface area contributed by atoms with Gasteiger partial charge in [0.25, 0.3) is 0 Å². The van der Waals surface area contributed by atoms with Gasteiger partial charge in [-0.05, 0) is 30.9 Å². The number of hydrogen-bond acceptors (Lipinski definition) is 2. The van der Waals surface area contributed by atoms with Crippen LogP contribution in [-0.4, -0.2) is 24.3 Å².